The number of ether oxygens (including phenoxy) is 1. The van der Waals surface area contributed by atoms with Gasteiger partial charge in [-0.3, -0.25) is 10.00 Å². The summed E-state index contributed by atoms with van der Waals surface area (Å²) >= 11 is 0. The van der Waals surface area contributed by atoms with Crippen LogP contribution in [0, 0.1) is 0 Å². The number of amides is 2. The van der Waals surface area contributed by atoms with Gasteiger partial charge >= 0.3 is 6.03 Å². The Morgan fingerprint density at radius 2 is 2.13 bits per heavy atom. The van der Waals surface area contributed by atoms with E-state index in [1.165, 1.54) is 11.1 Å². The minimum Gasteiger partial charge on any atom is -0.382 e. The Bertz CT molecular complexity index is 683. The van der Waals surface area contributed by atoms with Gasteiger partial charge in [0, 0.05) is 32.5 Å². The van der Waals surface area contributed by atoms with E-state index in [0.29, 0.717) is 19.0 Å². The smallest absolute Gasteiger partial charge is 0.323 e. The van der Waals surface area contributed by atoms with Crippen molar-refractivity contribution in [2.45, 2.75) is 25.9 Å². The Labute approximate surface area is 136 Å². The average Bonchev–Trinajstić information content (AvgIpc) is 3.03. The summed E-state index contributed by atoms with van der Waals surface area (Å²) in [5.41, 5.74) is 2.54. The van der Waals surface area contributed by atoms with E-state index in [4.69, 9.17) is 4.74 Å². The van der Waals surface area contributed by atoms with E-state index in [0.717, 1.165) is 13.0 Å². The van der Waals surface area contributed by atoms with Gasteiger partial charge < -0.3 is 9.64 Å². The van der Waals surface area contributed by atoms with Crippen molar-refractivity contribution in [3.63, 3.8) is 0 Å². The normalized spacial score (nSPS) is 15.1. The number of methoxy groups -OCH3 is 1. The largest absolute Gasteiger partial charge is 0.382 e. The Morgan fingerprint density at radius 3 is 2.91 bits per heavy atom. The van der Waals surface area contributed by atoms with Crippen molar-refractivity contribution in [3.8, 4) is 0 Å². The number of urea groups is 1. The minimum atomic E-state index is -0.107. The lowest BCUT2D eigenvalue weighted by atomic mass is 10.0. The Balaban J connectivity index is 1.62. The monoisotopic (exact) mass is 314 g/mol. The highest BCUT2D eigenvalue weighted by Gasteiger charge is 2.21. The molecule has 2 amide bonds. The number of fused-ring (bicyclic) bond motifs is 1. The van der Waals surface area contributed by atoms with E-state index >= 15 is 0 Å². The molecule has 0 saturated carbocycles. The summed E-state index contributed by atoms with van der Waals surface area (Å²) in [6.45, 7) is 3.97. The van der Waals surface area contributed by atoms with Crippen LogP contribution in [0.3, 0.4) is 0 Å². The SMILES string of the molecule is COCC(C)n1ccc(NC(=O)N2CCc3ccccc3C2)n1. The fourth-order valence-electron chi connectivity index (χ4n) is 2.83. The number of carbonyl (C=O) groups is 1. The molecule has 122 valence electrons. The second-order valence-electron chi connectivity index (χ2n) is 5.86. The third kappa shape index (κ3) is 3.53. The van der Waals surface area contributed by atoms with E-state index in [-0.39, 0.29) is 12.1 Å². The van der Waals surface area contributed by atoms with Gasteiger partial charge in [-0.25, -0.2) is 4.79 Å². The maximum Gasteiger partial charge on any atom is 0.323 e. The number of nitrogens with one attached hydrogen (secondary N) is 1. The summed E-state index contributed by atoms with van der Waals surface area (Å²) in [6, 6.07) is 10.1. The summed E-state index contributed by atoms with van der Waals surface area (Å²) in [5, 5.41) is 7.26. The second kappa shape index (κ2) is 6.83. The standard InChI is InChI=1S/C17H22N4O2/c1-13(12-23-2)21-10-8-16(19-21)18-17(22)20-9-7-14-5-3-4-6-15(14)11-20/h3-6,8,10,13H,7,9,11-12H2,1-2H3,(H,18,19,22). The first-order valence-electron chi connectivity index (χ1n) is 7.84. The lowest BCUT2D eigenvalue weighted by Gasteiger charge is -2.28. The molecule has 1 atom stereocenters. The van der Waals surface area contributed by atoms with Gasteiger partial charge in [0.15, 0.2) is 5.82 Å². The Hall–Kier alpha value is -2.34. The molecule has 6 heteroatoms. The maximum atomic E-state index is 12.4. The first-order chi connectivity index (χ1) is 11.2. The van der Waals surface area contributed by atoms with Crippen LogP contribution in [0.2, 0.25) is 0 Å². The van der Waals surface area contributed by atoms with Gasteiger partial charge in [0.1, 0.15) is 0 Å². The molecule has 1 aliphatic heterocycles. The number of anilines is 1. The second-order valence-corrected chi connectivity index (χ2v) is 5.86. The number of rotatable bonds is 4. The van der Waals surface area contributed by atoms with Gasteiger partial charge in [-0.2, -0.15) is 5.10 Å². The summed E-state index contributed by atoms with van der Waals surface area (Å²) < 4.78 is 6.92. The fraction of sp³-hybridized carbons (Fsp3) is 0.412. The number of hydrogen-bond acceptors (Lipinski definition) is 3. The first-order valence-corrected chi connectivity index (χ1v) is 7.84. The zero-order valence-corrected chi connectivity index (χ0v) is 13.5. The van der Waals surface area contributed by atoms with Gasteiger partial charge in [0.05, 0.1) is 12.6 Å². The number of aromatic nitrogens is 2. The predicted octanol–water partition coefficient (Wildman–Crippen LogP) is 2.68. The molecule has 1 unspecified atom stereocenters. The quantitative estimate of drug-likeness (QED) is 0.944. The molecule has 2 aromatic rings. The molecular formula is C17H22N4O2. The van der Waals surface area contributed by atoms with E-state index in [2.05, 4.69) is 22.5 Å². The molecule has 1 aliphatic rings. The van der Waals surface area contributed by atoms with Crippen molar-refractivity contribution < 1.29 is 9.53 Å². The van der Waals surface area contributed by atoms with Gasteiger partial charge in [-0.1, -0.05) is 24.3 Å². The van der Waals surface area contributed by atoms with Gasteiger partial charge in [-0.05, 0) is 24.5 Å². The number of nitrogens with zero attached hydrogens (tertiary/aromatic N) is 3. The minimum absolute atomic E-state index is 0.107. The zero-order valence-electron chi connectivity index (χ0n) is 13.5. The molecule has 3 rings (SSSR count). The van der Waals surface area contributed by atoms with Crippen LogP contribution < -0.4 is 5.32 Å². The summed E-state index contributed by atoms with van der Waals surface area (Å²) in [5.74, 6) is 0.566. The van der Waals surface area contributed by atoms with Gasteiger partial charge in [-0.15, -0.1) is 0 Å². The maximum absolute atomic E-state index is 12.4. The molecular weight excluding hydrogens is 292 g/mol. The molecule has 2 heterocycles. The molecule has 1 N–H and O–H groups in total. The van der Waals surface area contributed by atoms with Crippen molar-refractivity contribution in [1.82, 2.24) is 14.7 Å². The third-order valence-corrected chi connectivity index (χ3v) is 4.12. The number of carbonyl (C=O) groups excluding carboxylic acids is 1. The third-order valence-electron chi connectivity index (χ3n) is 4.12. The molecule has 0 saturated heterocycles. The Kier molecular flexibility index (Phi) is 4.62. The molecule has 0 radical (unpaired) electrons. The van der Waals surface area contributed by atoms with Crippen molar-refractivity contribution >= 4 is 11.8 Å². The van der Waals surface area contributed by atoms with Crippen molar-refractivity contribution in [1.29, 1.82) is 0 Å². The first kappa shape index (κ1) is 15.6. The lowest BCUT2D eigenvalue weighted by Crippen LogP contribution is -2.38. The topological polar surface area (TPSA) is 59.4 Å². The van der Waals surface area contributed by atoms with Crippen LogP contribution >= 0.6 is 0 Å². The average molecular weight is 314 g/mol. The molecule has 0 aliphatic carbocycles. The molecule has 0 bridgehead atoms. The van der Waals surface area contributed by atoms with Gasteiger partial charge in [0.25, 0.3) is 0 Å². The molecule has 0 fully saturated rings. The van der Waals surface area contributed by atoms with Crippen LogP contribution in [-0.4, -0.2) is 41.0 Å². The summed E-state index contributed by atoms with van der Waals surface area (Å²) in [4.78, 5) is 14.2. The van der Waals surface area contributed by atoms with Crippen molar-refractivity contribution in [2.24, 2.45) is 0 Å². The summed E-state index contributed by atoms with van der Waals surface area (Å²) in [7, 11) is 1.66. The highest BCUT2D eigenvalue weighted by Crippen LogP contribution is 2.19. The predicted molar refractivity (Wildman–Crippen MR) is 88.4 cm³/mol. The highest BCUT2D eigenvalue weighted by molar-refractivity contribution is 5.88. The molecule has 0 spiro atoms. The zero-order chi connectivity index (χ0) is 16.2. The van der Waals surface area contributed by atoms with E-state index in [1.807, 2.05) is 36.2 Å². The number of benzene rings is 1. The molecule has 23 heavy (non-hydrogen) atoms. The van der Waals surface area contributed by atoms with Crippen LogP contribution in [-0.2, 0) is 17.7 Å². The van der Waals surface area contributed by atoms with Crippen molar-refractivity contribution in [2.75, 3.05) is 25.6 Å². The highest BCUT2D eigenvalue weighted by atomic mass is 16.5. The van der Waals surface area contributed by atoms with E-state index in [1.54, 1.807) is 11.8 Å². The lowest BCUT2D eigenvalue weighted by molar-refractivity contribution is 0.157. The molecule has 6 nitrogen and oxygen atoms in total. The molecule has 1 aromatic heterocycles. The van der Waals surface area contributed by atoms with Crippen LogP contribution in [0.15, 0.2) is 36.5 Å². The Morgan fingerprint density at radius 1 is 1.35 bits per heavy atom. The fourth-order valence-corrected chi connectivity index (χ4v) is 2.83. The van der Waals surface area contributed by atoms with Crippen LogP contribution in [0.4, 0.5) is 10.6 Å². The van der Waals surface area contributed by atoms with E-state index in [9.17, 15) is 4.79 Å². The van der Waals surface area contributed by atoms with Crippen LogP contribution in [0.25, 0.3) is 0 Å². The van der Waals surface area contributed by atoms with Crippen LogP contribution in [0.1, 0.15) is 24.1 Å². The number of hydrogen-bond donors (Lipinski definition) is 1. The van der Waals surface area contributed by atoms with Gasteiger partial charge in [0.2, 0.25) is 0 Å². The van der Waals surface area contributed by atoms with E-state index < -0.39 is 0 Å². The van der Waals surface area contributed by atoms with Crippen molar-refractivity contribution in [3.05, 3.63) is 47.7 Å². The summed E-state index contributed by atoms with van der Waals surface area (Å²) in [6.07, 6.45) is 2.74. The van der Waals surface area contributed by atoms with Crippen LogP contribution in [0.5, 0.6) is 0 Å². The molecule has 1 aromatic carbocycles.